The molecule has 0 spiro atoms. The first-order chi connectivity index (χ1) is 8.45. The van der Waals surface area contributed by atoms with E-state index >= 15 is 0 Å². The number of rotatable bonds is 3. The maximum Gasteiger partial charge on any atom is 0.0379 e. The Morgan fingerprint density at radius 2 is 2.00 bits per heavy atom. The van der Waals surface area contributed by atoms with Gasteiger partial charge in [0.25, 0.3) is 0 Å². The number of hydrogen-bond donors (Lipinski definition) is 2. The van der Waals surface area contributed by atoms with Gasteiger partial charge < -0.3 is 10.6 Å². The van der Waals surface area contributed by atoms with Crippen LogP contribution in [0.4, 0.5) is 5.69 Å². The van der Waals surface area contributed by atoms with Crippen LogP contribution >= 0.6 is 0 Å². The molecular weight excluding hydrogens is 220 g/mol. The highest BCUT2D eigenvalue weighted by Gasteiger charge is 2.39. The van der Waals surface area contributed by atoms with E-state index in [0.717, 1.165) is 0 Å². The molecular formula is C16H26N2. The molecule has 2 rings (SSSR count). The van der Waals surface area contributed by atoms with E-state index in [4.69, 9.17) is 0 Å². The molecule has 0 saturated carbocycles. The van der Waals surface area contributed by atoms with Gasteiger partial charge in [-0.2, -0.15) is 0 Å². The lowest BCUT2D eigenvalue weighted by molar-refractivity contribution is 0.250. The molecule has 2 N–H and O–H groups in total. The Bertz CT molecular complexity index is 411. The molecule has 3 atom stereocenters. The lowest BCUT2D eigenvalue weighted by Gasteiger charge is -2.46. The lowest BCUT2D eigenvalue weighted by atomic mass is 9.69. The van der Waals surface area contributed by atoms with Crippen molar-refractivity contribution in [2.75, 3.05) is 12.4 Å². The minimum atomic E-state index is 0.152. The van der Waals surface area contributed by atoms with Crippen molar-refractivity contribution in [1.29, 1.82) is 0 Å². The summed E-state index contributed by atoms with van der Waals surface area (Å²) in [5.41, 5.74) is 2.92. The SMILES string of the molecule is CNC(C)CC1C(C)c2ccccc2NC1(C)C. The molecule has 100 valence electrons. The maximum absolute atomic E-state index is 3.72. The molecule has 0 amide bonds. The molecule has 0 bridgehead atoms. The third-order valence-electron chi connectivity index (χ3n) is 4.54. The highest BCUT2D eigenvalue weighted by Crippen LogP contribution is 2.44. The van der Waals surface area contributed by atoms with E-state index < -0.39 is 0 Å². The van der Waals surface area contributed by atoms with Gasteiger partial charge in [0.15, 0.2) is 0 Å². The van der Waals surface area contributed by atoms with Crippen LogP contribution in [-0.4, -0.2) is 18.6 Å². The zero-order chi connectivity index (χ0) is 13.3. The Hall–Kier alpha value is -1.02. The lowest BCUT2D eigenvalue weighted by Crippen LogP contribution is -2.47. The van der Waals surface area contributed by atoms with Crippen molar-refractivity contribution in [3.63, 3.8) is 0 Å². The van der Waals surface area contributed by atoms with Crippen molar-refractivity contribution in [2.45, 2.75) is 51.6 Å². The second kappa shape index (κ2) is 4.93. The molecule has 1 heterocycles. The highest BCUT2D eigenvalue weighted by molar-refractivity contribution is 5.57. The molecule has 0 saturated heterocycles. The molecule has 1 aromatic rings. The molecule has 1 aliphatic rings. The predicted molar refractivity (Wildman–Crippen MR) is 79.2 cm³/mol. The normalized spacial score (nSPS) is 27.2. The minimum Gasteiger partial charge on any atom is -0.380 e. The summed E-state index contributed by atoms with van der Waals surface area (Å²) in [6.45, 7) is 9.29. The van der Waals surface area contributed by atoms with Crippen molar-refractivity contribution >= 4 is 5.69 Å². The average molecular weight is 246 g/mol. The number of nitrogens with one attached hydrogen (secondary N) is 2. The molecule has 18 heavy (non-hydrogen) atoms. The summed E-state index contributed by atoms with van der Waals surface area (Å²) in [6.07, 6.45) is 1.20. The van der Waals surface area contributed by atoms with Gasteiger partial charge in [-0.05, 0) is 57.7 Å². The summed E-state index contributed by atoms with van der Waals surface area (Å²) in [6, 6.07) is 9.28. The number of benzene rings is 1. The first-order valence-electron chi connectivity index (χ1n) is 7.00. The Kier molecular flexibility index (Phi) is 3.67. The summed E-state index contributed by atoms with van der Waals surface area (Å²) < 4.78 is 0. The molecule has 0 fully saturated rings. The van der Waals surface area contributed by atoms with Gasteiger partial charge in [-0.3, -0.25) is 0 Å². The zero-order valence-corrected chi connectivity index (χ0v) is 12.2. The van der Waals surface area contributed by atoms with Gasteiger partial charge in [-0.25, -0.2) is 0 Å². The third kappa shape index (κ3) is 2.39. The monoisotopic (exact) mass is 246 g/mol. The molecule has 2 nitrogen and oxygen atoms in total. The second-order valence-electron chi connectivity index (χ2n) is 6.25. The molecule has 1 aromatic carbocycles. The van der Waals surface area contributed by atoms with Crippen molar-refractivity contribution in [3.8, 4) is 0 Å². The van der Waals surface area contributed by atoms with Crippen LogP contribution in [0.3, 0.4) is 0 Å². The van der Waals surface area contributed by atoms with Crippen molar-refractivity contribution in [2.24, 2.45) is 5.92 Å². The fourth-order valence-corrected chi connectivity index (χ4v) is 3.29. The number of para-hydroxylation sites is 1. The van der Waals surface area contributed by atoms with Crippen molar-refractivity contribution in [3.05, 3.63) is 29.8 Å². The topological polar surface area (TPSA) is 24.1 Å². The summed E-state index contributed by atoms with van der Waals surface area (Å²) >= 11 is 0. The van der Waals surface area contributed by atoms with Gasteiger partial charge in [0.1, 0.15) is 0 Å². The molecule has 2 heteroatoms. The van der Waals surface area contributed by atoms with Crippen molar-refractivity contribution in [1.82, 2.24) is 5.32 Å². The Morgan fingerprint density at radius 1 is 1.33 bits per heavy atom. The molecule has 1 aliphatic heterocycles. The summed E-state index contributed by atoms with van der Waals surface area (Å²) in [5, 5.41) is 7.09. The van der Waals surface area contributed by atoms with Gasteiger partial charge in [-0.15, -0.1) is 0 Å². The quantitative estimate of drug-likeness (QED) is 0.851. The van der Waals surface area contributed by atoms with E-state index in [0.29, 0.717) is 17.9 Å². The van der Waals surface area contributed by atoms with Gasteiger partial charge >= 0.3 is 0 Å². The van der Waals surface area contributed by atoms with E-state index in [9.17, 15) is 0 Å². The Balaban J connectivity index is 2.31. The van der Waals surface area contributed by atoms with Crippen LogP contribution < -0.4 is 10.6 Å². The van der Waals surface area contributed by atoms with E-state index in [-0.39, 0.29) is 5.54 Å². The molecule has 3 unspecified atom stereocenters. The Labute approximate surface area is 111 Å². The van der Waals surface area contributed by atoms with Crippen LogP contribution in [0.1, 0.15) is 45.6 Å². The average Bonchev–Trinajstić information content (AvgIpc) is 2.33. The van der Waals surface area contributed by atoms with Crippen LogP contribution in [0, 0.1) is 5.92 Å². The van der Waals surface area contributed by atoms with Crippen LogP contribution in [0.2, 0.25) is 0 Å². The van der Waals surface area contributed by atoms with Gasteiger partial charge in [0.2, 0.25) is 0 Å². The molecule has 0 aliphatic carbocycles. The minimum absolute atomic E-state index is 0.152. The molecule has 0 radical (unpaired) electrons. The van der Waals surface area contributed by atoms with Crippen LogP contribution in [0.25, 0.3) is 0 Å². The van der Waals surface area contributed by atoms with Crippen LogP contribution in [0.15, 0.2) is 24.3 Å². The number of anilines is 1. The smallest absolute Gasteiger partial charge is 0.0379 e. The first kappa shape index (κ1) is 13.4. The van der Waals surface area contributed by atoms with Gasteiger partial charge in [0.05, 0.1) is 0 Å². The number of hydrogen-bond acceptors (Lipinski definition) is 2. The zero-order valence-electron chi connectivity index (χ0n) is 12.2. The summed E-state index contributed by atoms with van der Waals surface area (Å²) in [4.78, 5) is 0. The van der Waals surface area contributed by atoms with E-state index in [2.05, 4.69) is 62.6 Å². The predicted octanol–water partition coefficient (Wildman–Crippen LogP) is 3.61. The largest absolute Gasteiger partial charge is 0.380 e. The van der Waals surface area contributed by atoms with Gasteiger partial charge in [0, 0.05) is 17.3 Å². The Morgan fingerprint density at radius 3 is 2.67 bits per heavy atom. The molecule has 0 aromatic heterocycles. The first-order valence-corrected chi connectivity index (χ1v) is 7.00. The van der Waals surface area contributed by atoms with Crippen LogP contribution in [0.5, 0.6) is 0 Å². The summed E-state index contributed by atoms with van der Waals surface area (Å²) in [5.74, 6) is 1.25. The van der Waals surface area contributed by atoms with E-state index in [1.165, 1.54) is 17.7 Å². The number of fused-ring (bicyclic) bond motifs is 1. The second-order valence-corrected chi connectivity index (χ2v) is 6.25. The fourth-order valence-electron chi connectivity index (χ4n) is 3.29. The van der Waals surface area contributed by atoms with Crippen LogP contribution in [-0.2, 0) is 0 Å². The van der Waals surface area contributed by atoms with Gasteiger partial charge in [-0.1, -0.05) is 25.1 Å². The third-order valence-corrected chi connectivity index (χ3v) is 4.54. The van der Waals surface area contributed by atoms with E-state index in [1.54, 1.807) is 0 Å². The maximum atomic E-state index is 3.72. The fraction of sp³-hybridized carbons (Fsp3) is 0.625. The summed E-state index contributed by atoms with van der Waals surface area (Å²) in [7, 11) is 2.05. The van der Waals surface area contributed by atoms with E-state index in [1.807, 2.05) is 7.05 Å². The van der Waals surface area contributed by atoms with Crippen molar-refractivity contribution < 1.29 is 0 Å². The highest BCUT2D eigenvalue weighted by atomic mass is 15.0. The standard InChI is InChI=1S/C16H26N2/c1-11(17-5)10-14-12(2)13-8-6-7-9-15(13)18-16(14,3)4/h6-9,11-12,14,17-18H,10H2,1-5H3.